The molecular weight excluding hydrogens is 213 g/mol. The van der Waals surface area contributed by atoms with Gasteiger partial charge in [-0.15, -0.1) is 0 Å². The highest BCUT2D eigenvalue weighted by Crippen LogP contribution is 2.23. The first-order chi connectivity index (χ1) is 7.27. The van der Waals surface area contributed by atoms with Gasteiger partial charge in [0.15, 0.2) is 0 Å². The third-order valence-corrected chi connectivity index (χ3v) is 3.79. The Kier molecular flexibility index (Phi) is 3.26. The molecule has 0 radical (unpaired) electrons. The Bertz CT molecular complexity index is 365. The molecule has 0 spiro atoms. The van der Waals surface area contributed by atoms with E-state index in [0.717, 1.165) is 11.5 Å². The maximum Gasteiger partial charge on any atom is 0.254 e. The van der Waals surface area contributed by atoms with Gasteiger partial charge in [-0.3, -0.25) is 4.79 Å². The number of carbonyl (C=O) groups is 1. The fourth-order valence-corrected chi connectivity index (χ4v) is 2.18. The van der Waals surface area contributed by atoms with Gasteiger partial charge in [-0.05, 0) is 29.6 Å². The highest BCUT2D eigenvalue weighted by Gasteiger charge is 2.19. The topological polar surface area (TPSA) is 29.1 Å². The molecule has 1 amide bonds. The SMILES string of the molecule is O=C(NCC1CSC1)c1ccccc1F. The van der Waals surface area contributed by atoms with E-state index < -0.39 is 5.82 Å². The Morgan fingerprint density at radius 3 is 2.80 bits per heavy atom. The summed E-state index contributed by atoms with van der Waals surface area (Å²) in [4.78, 5) is 11.6. The second kappa shape index (κ2) is 4.66. The molecule has 0 saturated carbocycles. The summed E-state index contributed by atoms with van der Waals surface area (Å²) in [5.41, 5.74) is 0.129. The molecule has 0 aliphatic carbocycles. The summed E-state index contributed by atoms with van der Waals surface area (Å²) in [6.07, 6.45) is 0. The van der Waals surface area contributed by atoms with Crippen molar-refractivity contribution in [3.05, 3.63) is 35.6 Å². The summed E-state index contributed by atoms with van der Waals surface area (Å²) in [7, 11) is 0. The van der Waals surface area contributed by atoms with Crippen molar-refractivity contribution in [3.8, 4) is 0 Å². The van der Waals surface area contributed by atoms with Gasteiger partial charge in [0.2, 0.25) is 0 Å². The third kappa shape index (κ3) is 2.50. The Labute approximate surface area is 92.3 Å². The van der Waals surface area contributed by atoms with Gasteiger partial charge in [-0.2, -0.15) is 11.8 Å². The van der Waals surface area contributed by atoms with Gasteiger partial charge in [0.1, 0.15) is 5.82 Å². The summed E-state index contributed by atoms with van der Waals surface area (Å²) >= 11 is 1.87. The van der Waals surface area contributed by atoms with Crippen LogP contribution in [0.4, 0.5) is 4.39 Å². The zero-order chi connectivity index (χ0) is 10.7. The Morgan fingerprint density at radius 2 is 2.20 bits per heavy atom. The fourth-order valence-electron chi connectivity index (χ4n) is 1.38. The molecule has 0 aromatic heterocycles. The minimum absolute atomic E-state index is 0.129. The van der Waals surface area contributed by atoms with E-state index in [1.54, 1.807) is 12.1 Å². The molecule has 0 atom stereocenters. The highest BCUT2D eigenvalue weighted by atomic mass is 32.2. The minimum Gasteiger partial charge on any atom is -0.352 e. The number of carbonyl (C=O) groups excluding carboxylic acids is 1. The van der Waals surface area contributed by atoms with Gasteiger partial charge in [-0.1, -0.05) is 12.1 Å². The summed E-state index contributed by atoms with van der Waals surface area (Å²) in [6.45, 7) is 0.653. The van der Waals surface area contributed by atoms with Gasteiger partial charge in [0.05, 0.1) is 5.56 Å². The molecule has 2 rings (SSSR count). The predicted octanol–water partition coefficient (Wildman–Crippen LogP) is 1.92. The van der Waals surface area contributed by atoms with Crippen LogP contribution in [0.2, 0.25) is 0 Å². The van der Waals surface area contributed by atoms with Crippen LogP contribution in [0.5, 0.6) is 0 Å². The largest absolute Gasteiger partial charge is 0.352 e. The monoisotopic (exact) mass is 225 g/mol. The fraction of sp³-hybridized carbons (Fsp3) is 0.364. The molecule has 1 heterocycles. The van der Waals surface area contributed by atoms with Crippen molar-refractivity contribution < 1.29 is 9.18 Å². The zero-order valence-corrected chi connectivity index (χ0v) is 9.02. The molecule has 1 N–H and O–H groups in total. The van der Waals surface area contributed by atoms with Crippen molar-refractivity contribution in [1.82, 2.24) is 5.32 Å². The lowest BCUT2D eigenvalue weighted by atomic mass is 10.1. The molecule has 1 fully saturated rings. The molecule has 15 heavy (non-hydrogen) atoms. The van der Waals surface area contributed by atoms with Crippen molar-refractivity contribution in [2.75, 3.05) is 18.1 Å². The quantitative estimate of drug-likeness (QED) is 0.851. The molecule has 1 aromatic carbocycles. The number of benzene rings is 1. The number of thioether (sulfide) groups is 1. The molecule has 80 valence electrons. The third-order valence-electron chi connectivity index (χ3n) is 2.38. The molecule has 1 aliphatic heterocycles. The van der Waals surface area contributed by atoms with Gasteiger partial charge in [0.25, 0.3) is 5.91 Å². The first-order valence-electron chi connectivity index (χ1n) is 4.88. The van der Waals surface area contributed by atoms with E-state index in [1.807, 2.05) is 11.8 Å². The van der Waals surface area contributed by atoms with Crippen LogP contribution in [-0.2, 0) is 0 Å². The van der Waals surface area contributed by atoms with Crippen molar-refractivity contribution in [3.63, 3.8) is 0 Å². The predicted molar refractivity (Wildman–Crippen MR) is 59.5 cm³/mol. The zero-order valence-electron chi connectivity index (χ0n) is 8.20. The van der Waals surface area contributed by atoms with Crippen LogP contribution in [0, 0.1) is 11.7 Å². The molecule has 4 heteroatoms. The Hall–Kier alpha value is -1.03. The molecule has 0 bridgehead atoms. The molecule has 1 aromatic rings. The van der Waals surface area contributed by atoms with Crippen molar-refractivity contribution >= 4 is 17.7 Å². The van der Waals surface area contributed by atoms with Crippen molar-refractivity contribution in [2.45, 2.75) is 0 Å². The van der Waals surface area contributed by atoms with Gasteiger partial charge >= 0.3 is 0 Å². The summed E-state index contributed by atoms with van der Waals surface area (Å²) < 4.78 is 13.2. The highest BCUT2D eigenvalue weighted by molar-refractivity contribution is 8.00. The average Bonchev–Trinajstić information content (AvgIpc) is 2.16. The van der Waals surface area contributed by atoms with Crippen molar-refractivity contribution in [2.24, 2.45) is 5.92 Å². The van der Waals surface area contributed by atoms with E-state index in [1.165, 1.54) is 12.1 Å². The van der Waals surface area contributed by atoms with E-state index in [2.05, 4.69) is 5.32 Å². The van der Waals surface area contributed by atoms with Gasteiger partial charge in [-0.25, -0.2) is 4.39 Å². The van der Waals surface area contributed by atoms with E-state index in [-0.39, 0.29) is 11.5 Å². The van der Waals surface area contributed by atoms with E-state index in [0.29, 0.717) is 12.5 Å². The van der Waals surface area contributed by atoms with Crippen LogP contribution in [0.15, 0.2) is 24.3 Å². The van der Waals surface area contributed by atoms with Crippen LogP contribution in [0.1, 0.15) is 10.4 Å². The van der Waals surface area contributed by atoms with Crippen LogP contribution < -0.4 is 5.32 Å². The molecule has 1 saturated heterocycles. The number of hydrogen-bond acceptors (Lipinski definition) is 2. The number of hydrogen-bond donors (Lipinski definition) is 1. The number of halogens is 1. The lowest BCUT2D eigenvalue weighted by Crippen LogP contribution is -2.35. The van der Waals surface area contributed by atoms with Crippen LogP contribution in [0.25, 0.3) is 0 Å². The number of nitrogens with one attached hydrogen (secondary N) is 1. The van der Waals surface area contributed by atoms with Crippen LogP contribution >= 0.6 is 11.8 Å². The van der Waals surface area contributed by atoms with Crippen molar-refractivity contribution in [1.29, 1.82) is 0 Å². The van der Waals surface area contributed by atoms with E-state index in [4.69, 9.17) is 0 Å². The summed E-state index contributed by atoms with van der Waals surface area (Å²) in [5.74, 6) is 1.98. The Morgan fingerprint density at radius 1 is 1.47 bits per heavy atom. The minimum atomic E-state index is -0.460. The molecular formula is C11H12FNOS. The standard InChI is InChI=1S/C11H12FNOS/c12-10-4-2-1-3-9(10)11(14)13-5-8-6-15-7-8/h1-4,8H,5-7H2,(H,13,14). The van der Waals surface area contributed by atoms with E-state index >= 15 is 0 Å². The molecule has 1 aliphatic rings. The molecule has 2 nitrogen and oxygen atoms in total. The normalized spacial score (nSPS) is 15.8. The first kappa shape index (κ1) is 10.5. The lowest BCUT2D eigenvalue weighted by molar-refractivity contribution is 0.0945. The maximum atomic E-state index is 13.2. The van der Waals surface area contributed by atoms with Crippen LogP contribution in [-0.4, -0.2) is 24.0 Å². The number of amides is 1. The second-order valence-corrected chi connectivity index (χ2v) is 4.67. The van der Waals surface area contributed by atoms with E-state index in [9.17, 15) is 9.18 Å². The second-order valence-electron chi connectivity index (χ2n) is 3.59. The van der Waals surface area contributed by atoms with Gasteiger partial charge in [0, 0.05) is 6.54 Å². The summed E-state index contributed by atoms with van der Waals surface area (Å²) in [5, 5.41) is 2.75. The average molecular weight is 225 g/mol. The molecule has 0 unspecified atom stereocenters. The number of rotatable bonds is 3. The first-order valence-corrected chi connectivity index (χ1v) is 6.03. The maximum absolute atomic E-state index is 13.2. The summed E-state index contributed by atoms with van der Waals surface area (Å²) in [6, 6.07) is 6.04. The van der Waals surface area contributed by atoms with Gasteiger partial charge < -0.3 is 5.32 Å². The Balaban J connectivity index is 1.92. The van der Waals surface area contributed by atoms with Crippen LogP contribution in [0.3, 0.4) is 0 Å². The smallest absolute Gasteiger partial charge is 0.254 e. The lowest BCUT2D eigenvalue weighted by Gasteiger charge is -2.24.